The number of nitro groups is 1. The predicted molar refractivity (Wildman–Crippen MR) is 76.2 cm³/mol. The molecule has 0 aliphatic heterocycles. The summed E-state index contributed by atoms with van der Waals surface area (Å²) in [6.07, 6.45) is 0.588. The number of carbonyl (C=O) groups excluding carboxylic acids is 1. The molecule has 1 aromatic rings. The first-order valence-corrected chi connectivity index (χ1v) is 6.57. The van der Waals surface area contributed by atoms with Crippen molar-refractivity contribution in [2.24, 2.45) is 5.92 Å². The van der Waals surface area contributed by atoms with Crippen molar-refractivity contribution in [3.05, 3.63) is 39.4 Å². The number of aliphatic carboxylic acids is 1. The van der Waals surface area contributed by atoms with Gasteiger partial charge in [0.05, 0.1) is 4.92 Å². The number of carboxylic acid groups (broad SMARTS) is 1. The van der Waals surface area contributed by atoms with Crippen LogP contribution in [0, 0.1) is 23.0 Å². The molecule has 0 aliphatic rings. The third-order valence-electron chi connectivity index (χ3n) is 3.51. The van der Waals surface area contributed by atoms with E-state index in [1.54, 1.807) is 6.92 Å². The van der Waals surface area contributed by atoms with E-state index >= 15 is 0 Å². The summed E-state index contributed by atoms with van der Waals surface area (Å²) in [5.41, 5.74) is 0.158. The molecule has 2 N–H and O–H groups in total. The maximum Gasteiger partial charge on any atom is 0.326 e. The Hall–Kier alpha value is -2.44. The van der Waals surface area contributed by atoms with Crippen LogP contribution in [0.3, 0.4) is 0 Å². The van der Waals surface area contributed by atoms with Gasteiger partial charge in [-0.15, -0.1) is 0 Å². The van der Waals surface area contributed by atoms with Crippen LogP contribution in [0.1, 0.15) is 36.2 Å². The number of nitro benzene ring substituents is 1. The van der Waals surface area contributed by atoms with Gasteiger partial charge in [0.2, 0.25) is 0 Å². The SMILES string of the molecule is CCC(C)[C@H](NC(=O)c1cccc([N+](=O)[O-])c1C)C(=O)O. The van der Waals surface area contributed by atoms with E-state index in [2.05, 4.69) is 5.32 Å². The largest absolute Gasteiger partial charge is 0.480 e. The number of benzene rings is 1. The minimum absolute atomic E-state index is 0.110. The molecule has 0 fully saturated rings. The Morgan fingerprint density at radius 2 is 2.05 bits per heavy atom. The number of amides is 1. The van der Waals surface area contributed by atoms with E-state index in [1.165, 1.54) is 25.1 Å². The Balaban J connectivity index is 3.06. The lowest BCUT2D eigenvalue weighted by molar-refractivity contribution is -0.385. The molecule has 0 spiro atoms. The average molecular weight is 294 g/mol. The number of nitrogens with zero attached hydrogens (tertiary/aromatic N) is 1. The summed E-state index contributed by atoms with van der Waals surface area (Å²) in [6.45, 7) is 5.01. The van der Waals surface area contributed by atoms with Crippen LogP contribution < -0.4 is 5.32 Å². The molecule has 1 rings (SSSR count). The summed E-state index contributed by atoms with van der Waals surface area (Å²) in [7, 11) is 0. The van der Waals surface area contributed by atoms with Gasteiger partial charge in [-0.05, 0) is 18.9 Å². The molecule has 0 radical (unpaired) electrons. The van der Waals surface area contributed by atoms with Gasteiger partial charge in [-0.1, -0.05) is 26.3 Å². The molecular weight excluding hydrogens is 276 g/mol. The zero-order valence-electron chi connectivity index (χ0n) is 12.1. The first-order valence-electron chi connectivity index (χ1n) is 6.57. The molecule has 0 saturated heterocycles. The number of carboxylic acids is 1. The van der Waals surface area contributed by atoms with Gasteiger partial charge < -0.3 is 10.4 Å². The minimum atomic E-state index is -1.12. The summed E-state index contributed by atoms with van der Waals surface area (Å²) < 4.78 is 0. The molecular formula is C14H18N2O5. The number of rotatable bonds is 6. The van der Waals surface area contributed by atoms with Gasteiger partial charge in [0.25, 0.3) is 11.6 Å². The monoisotopic (exact) mass is 294 g/mol. The Kier molecular flexibility index (Phi) is 5.40. The highest BCUT2D eigenvalue weighted by atomic mass is 16.6. The van der Waals surface area contributed by atoms with Crippen molar-refractivity contribution in [3.8, 4) is 0 Å². The maximum atomic E-state index is 12.2. The highest BCUT2D eigenvalue weighted by Crippen LogP contribution is 2.21. The summed E-state index contributed by atoms with van der Waals surface area (Å²) in [4.78, 5) is 33.7. The first-order chi connectivity index (χ1) is 9.79. The highest BCUT2D eigenvalue weighted by molar-refractivity contribution is 5.98. The first kappa shape index (κ1) is 16.6. The van der Waals surface area contributed by atoms with Crippen molar-refractivity contribution in [3.63, 3.8) is 0 Å². The van der Waals surface area contributed by atoms with Crippen molar-refractivity contribution in [2.75, 3.05) is 0 Å². The van der Waals surface area contributed by atoms with Crippen LogP contribution in [0.25, 0.3) is 0 Å². The molecule has 0 aliphatic carbocycles. The average Bonchev–Trinajstić information content (AvgIpc) is 2.43. The fourth-order valence-electron chi connectivity index (χ4n) is 1.97. The molecule has 0 saturated carbocycles. The second kappa shape index (κ2) is 6.83. The fraction of sp³-hybridized carbons (Fsp3) is 0.429. The third kappa shape index (κ3) is 3.77. The zero-order chi connectivity index (χ0) is 16.2. The van der Waals surface area contributed by atoms with Crippen molar-refractivity contribution >= 4 is 17.6 Å². The summed E-state index contributed by atoms with van der Waals surface area (Å²) in [6, 6.07) is 3.11. The molecule has 21 heavy (non-hydrogen) atoms. The lowest BCUT2D eigenvalue weighted by atomic mass is 9.98. The van der Waals surface area contributed by atoms with E-state index in [0.29, 0.717) is 6.42 Å². The van der Waals surface area contributed by atoms with Gasteiger partial charge in [0.1, 0.15) is 6.04 Å². The second-order valence-electron chi connectivity index (χ2n) is 4.88. The predicted octanol–water partition coefficient (Wildman–Crippen LogP) is 2.13. The summed E-state index contributed by atoms with van der Waals surface area (Å²) >= 11 is 0. The number of nitrogens with one attached hydrogen (secondary N) is 1. The number of hydrogen-bond donors (Lipinski definition) is 2. The van der Waals surface area contributed by atoms with Crippen LogP contribution in [0.4, 0.5) is 5.69 Å². The molecule has 7 heteroatoms. The van der Waals surface area contributed by atoms with Crippen molar-refractivity contribution in [2.45, 2.75) is 33.2 Å². The van der Waals surface area contributed by atoms with Crippen molar-refractivity contribution in [1.29, 1.82) is 0 Å². The van der Waals surface area contributed by atoms with Gasteiger partial charge >= 0.3 is 5.97 Å². The van der Waals surface area contributed by atoms with E-state index in [4.69, 9.17) is 5.11 Å². The molecule has 1 aromatic carbocycles. The molecule has 0 bridgehead atoms. The number of hydrogen-bond acceptors (Lipinski definition) is 4. The van der Waals surface area contributed by atoms with Crippen molar-refractivity contribution in [1.82, 2.24) is 5.32 Å². The maximum absolute atomic E-state index is 12.2. The smallest absolute Gasteiger partial charge is 0.326 e. The van der Waals surface area contributed by atoms with Gasteiger partial charge in [0.15, 0.2) is 0 Å². The fourth-order valence-corrected chi connectivity index (χ4v) is 1.97. The van der Waals surface area contributed by atoms with Crippen LogP contribution >= 0.6 is 0 Å². The Labute approximate surface area is 122 Å². The quantitative estimate of drug-likeness (QED) is 0.617. The molecule has 2 atom stereocenters. The molecule has 1 unspecified atom stereocenters. The summed E-state index contributed by atoms with van der Waals surface area (Å²) in [5, 5.41) is 22.5. The molecule has 0 aromatic heterocycles. The van der Waals surface area contributed by atoms with E-state index in [0.717, 1.165) is 0 Å². The lowest BCUT2D eigenvalue weighted by Crippen LogP contribution is -2.45. The minimum Gasteiger partial charge on any atom is -0.480 e. The molecule has 0 heterocycles. The van der Waals surface area contributed by atoms with E-state index in [-0.39, 0.29) is 22.7 Å². The van der Waals surface area contributed by atoms with Crippen LogP contribution in [0.2, 0.25) is 0 Å². The van der Waals surface area contributed by atoms with Gasteiger partial charge in [-0.25, -0.2) is 4.79 Å². The highest BCUT2D eigenvalue weighted by Gasteiger charge is 2.27. The van der Waals surface area contributed by atoms with E-state index in [9.17, 15) is 19.7 Å². The Morgan fingerprint density at radius 1 is 1.43 bits per heavy atom. The van der Waals surface area contributed by atoms with E-state index in [1.807, 2.05) is 6.92 Å². The Morgan fingerprint density at radius 3 is 2.52 bits per heavy atom. The van der Waals surface area contributed by atoms with E-state index < -0.39 is 22.8 Å². The molecule has 7 nitrogen and oxygen atoms in total. The normalized spacial score (nSPS) is 13.3. The number of carbonyl (C=O) groups is 2. The zero-order valence-corrected chi connectivity index (χ0v) is 12.1. The summed E-state index contributed by atoms with van der Waals surface area (Å²) in [5.74, 6) is -1.99. The second-order valence-corrected chi connectivity index (χ2v) is 4.88. The van der Waals surface area contributed by atoms with Crippen molar-refractivity contribution < 1.29 is 19.6 Å². The molecule has 1 amide bonds. The topological polar surface area (TPSA) is 110 Å². The molecule has 114 valence electrons. The standard InChI is InChI=1S/C14H18N2O5/c1-4-8(2)12(14(18)19)15-13(17)10-6-5-7-11(9(10)3)16(20)21/h5-8,12H,4H2,1-3H3,(H,15,17)(H,18,19)/t8?,12-/m0/s1. The lowest BCUT2D eigenvalue weighted by Gasteiger charge is -2.20. The van der Waals surface area contributed by atoms with Crippen LogP contribution in [-0.4, -0.2) is 27.9 Å². The van der Waals surface area contributed by atoms with Crippen LogP contribution in [0.5, 0.6) is 0 Å². The Bertz CT molecular complexity index is 570. The van der Waals surface area contributed by atoms with Crippen LogP contribution in [0.15, 0.2) is 18.2 Å². The van der Waals surface area contributed by atoms with Gasteiger partial charge in [-0.2, -0.15) is 0 Å². The third-order valence-corrected chi connectivity index (χ3v) is 3.51. The van der Waals surface area contributed by atoms with Crippen LogP contribution in [-0.2, 0) is 4.79 Å². The van der Waals surface area contributed by atoms with Gasteiger partial charge in [-0.3, -0.25) is 14.9 Å². The van der Waals surface area contributed by atoms with Gasteiger partial charge in [0, 0.05) is 17.2 Å².